The van der Waals surface area contributed by atoms with Crippen LogP contribution in [0.5, 0.6) is 0 Å². The first-order valence-electron chi connectivity index (χ1n) is 4.91. The van der Waals surface area contributed by atoms with Gasteiger partial charge in [-0.2, -0.15) is 0 Å². The van der Waals surface area contributed by atoms with Crippen molar-refractivity contribution in [2.45, 2.75) is 19.1 Å². The number of cyclic esters (lactones) is 1. The molecule has 1 spiro atoms. The number of rotatable bonds is 0. The van der Waals surface area contributed by atoms with Crippen molar-refractivity contribution in [2.75, 3.05) is 0 Å². The molecule has 1 saturated heterocycles. The first-order valence-corrected chi connectivity index (χ1v) is 4.91. The molecule has 1 aliphatic heterocycles. The van der Waals surface area contributed by atoms with Crippen LogP contribution in [0.1, 0.15) is 6.92 Å². The summed E-state index contributed by atoms with van der Waals surface area (Å²) in [4.78, 5) is 23.2. The third-order valence-corrected chi connectivity index (χ3v) is 3.36. The van der Waals surface area contributed by atoms with Gasteiger partial charge in [-0.15, -0.1) is 0 Å². The van der Waals surface area contributed by atoms with E-state index in [0.717, 1.165) is 0 Å². The van der Waals surface area contributed by atoms with Gasteiger partial charge in [0.2, 0.25) is 0 Å². The van der Waals surface area contributed by atoms with E-state index in [2.05, 4.69) is 6.58 Å². The first-order chi connectivity index (χ1) is 7.42. The van der Waals surface area contributed by atoms with Gasteiger partial charge in [-0.3, -0.25) is 9.59 Å². The summed E-state index contributed by atoms with van der Waals surface area (Å²) in [5, 5.41) is 19.8. The highest BCUT2D eigenvalue weighted by Gasteiger charge is 2.64. The minimum Gasteiger partial charge on any atom is -0.428 e. The molecule has 5 heteroatoms. The SMILES string of the molecule is C=C1OC(=O)[C@]2(C(C)C=CC(=O)[C@H]2O)C1O. The van der Waals surface area contributed by atoms with Crippen molar-refractivity contribution in [3.63, 3.8) is 0 Å². The van der Waals surface area contributed by atoms with Crippen LogP contribution in [0.3, 0.4) is 0 Å². The number of ether oxygens (including phenoxy) is 1. The molecule has 0 saturated carbocycles. The van der Waals surface area contributed by atoms with E-state index in [9.17, 15) is 19.8 Å². The first kappa shape index (κ1) is 11.0. The van der Waals surface area contributed by atoms with Crippen molar-refractivity contribution < 1.29 is 24.5 Å². The molecule has 2 N–H and O–H groups in total. The molecule has 0 bridgehead atoms. The fraction of sp³-hybridized carbons (Fsp3) is 0.455. The van der Waals surface area contributed by atoms with E-state index in [4.69, 9.17) is 4.74 Å². The van der Waals surface area contributed by atoms with Gasteiger partial charge >= 0.3 is 5.97 Å². The summed E-state index contributed by atoms with van der Waals surface area (Å²) in [7, 11) is 0. The molecule has 1 aliphatic carbocycles. The minimum atomic E-state index is -1.64. The Morgan fingerprint density at radius 3 is 2.50 bits per heavy atom. The average Bonchev–Trinajstić information content (AvgIpc) is 2.45. The van der Waals surface area contributed by atoms with Gasteiger partial charge in [0.15, 0.2) is 5.78 Å². The highest BCUT2D eigenvalue weighted by atomic mass is 16.6. The second-order valence-corrected chi connectivity index (χ2v) is 4.14. The third-order valence-electron chi connectivity index (χ3n) is 3.36. The van der Waals surface area contributed by atoms with Crippen LogP contribution < -0.4 is 0 Å². The molecular formula is C11H12O5. The normalized spacial score (nSPS) is 42.9. The number of esters is 1. The summed E-state index contributed by atoms with van der Waals surface area (Å²) in [5.41, 5.74) is -1.64. The molecule has 0 aromatic carbocycles. The monoisotopic (exact) mass is 224 g/mol. The minimum absolute atomic E-state index is 0.126. The maximum Gasteiger partial charge on any atom is 0.324 e. The summed E-state index contributed by atoms with van der Waals surface area (Å²) in [6.07, 6.45) is -0.257. The van der Waals surface area contributed by atoms with E-state index in [0.29, 0.717) is 0 Å². The summed E-state index contributed by atoms with van der Waals surface area (Å²) >= 11 is 0. The summed E-state index contributed by atoms with van der Waals surface area (Å²) in [6.45, 7) is 5.02. The number of hydrogen-bond donors (Lipinski definition) is 2. The van der Waals surface area contributed by atoms with E-state index < -0.39 is 35.3 Å². The molecule has 0 aromatic rings. The Labute approximate surface area is 92.0 Å². The molecule has 5 nitrogen and oxygen atoms in total. The van der Waals surface area contributed by atoms with Gasteiger partial charge in [0.25, 0.3) is 0 Å². The van der Waals surface area contributed by atoms with E-state index in [1.54, 1.807) is 6.92 Å². The smallest absolute Gasteiger partial charge is 0.324 e. The molecule has 2 unspecified atom stereocenters. The van der Waals surface area contributed by atoms with Crippen molar-refractivity contribution in [3.8, 4) is 0 Å². The Kier molecular flexibility index (Phi) is 2.25. The van der Waals surface area contributed by atoms with Gasteiger partial charge in [0, 0.05) is 0 Å². The standard InChI is InChI=1S/C11H12O5/c1-5-3-4-7(12)9(14)11(5)8(13)6(2)16-10(11)15/h3-5,8-9,13-14H,2H2,1H3/t5?,8?,9-,11-/m1/s1. The van der Waals surface area contributed by atoms with Crippen LogP contribution in [-0.4, -0.2) is 34.2 Å². The van der Waals surface area contributed by atoms with Gasteiger partial charge in [0.1, 0.15) is 23.4 Å². The molecule has 0 amide bonds. The van der Waals surface area contributed by atoms with Crippen molar-refractivity contribution in [3.05, 3.63) is 24.5 Å². The maximum absolute atomic E-state index is 11.7. The Balaban J connectivity index is 2.58. The molecule has 2 aliphatic rings. The van der Waals surface area contributed by atoms with Crippen LogP contribution in [0.25, 0.3) is 0 Å². The van der Waals surface area contributed by atoms with Crippen molar-refractivity contribution in [1.82, 2.24) is 0 Å². The van der Waals surface area contributed by atoms with Crippen molar-refractivity contribution in [2.24, 2.45) is 11.3 Å². The second kappa shape index (κ2) is 3.26. The molecule has 1 fully saturated rings. The van der Waals surface area contributed by atoms with Crippen molar-refractivity contribution >= 4 is 11.8 Å². The van der Waals surface area contributed by atoms with Gasteiger partial charge in [-0.05, 0) is 12.0 Å². The zero-order valence-electron chi connectivity index (χ0n) is 8.71. The van der Waals surface area contributed by atoms with E-state index in [-0.39, 0.29) is 5.76 Å². The maximum atomic E-state index is 11.7. The fourth-order valence-corrected chi connectivity index (χ4v) is 2.31. The molecule has 16 heavy (non-hydrogen) atoms. The van der Waals surface area contributed by atoms with Crippen LogP contribution in [0.4, 0.5) is 0 Å². The lowest BCUT2D eigenvalue weighted by Gasteiger charge is -2.37. The molecule has 1 heterocycles. The Morgan fingerprint density at radius 1 is 1.38 bits per heavy atom. The Bertz CT molecular complexity index is 411. The highest BCUT2D eigenvalue weighted by Crippen LogP contribution is 2.47. The molecule has 0 radical (unpaired) electrons. The number of carbonyl (C=O) groups excluding carboxylic acids is 2. The van der Waals surface area contributed by atoms with Crippen molar-refractivity contribution in [1.29, 1.82) is 0 Å². The summed E-state index contributed by atoms with van der Waals surface area (Å²) in [6, 6.07) is 0. The number of allylic oxidation sites excluding steroid dienone is 1. The predicted octanol–water partition coefficient (Wildman–Crippen LogP) is -0.460. The molecule has 86 valence electrons. The highest BCUT2D eigenvalue weighted by molar-refractivity contribution is 6.01. The van der Waals surface area contributed by atoms with E-state index >= 15 is 0 Å². The number of carbonyl (C=O) groups is 2. The topological polar surface area (TPSA) is 83.8 Å². The molecular weight excluding hydrogens is 212 g/mol. The van der Waals surface area contributed by atoms with Gasteiger partial charge in [-0.1, -0.05) is 19.6 Å². The quantitative estimate of drug-likeness (QED) is 0.544. The van der Waals surface area contributed by atoms with Crippen LogP contribution >= 0.6 is 0 Å². The van der Waals surface area contributed by atoms with Gasteiger partial charge in [-0.25, -0.2) is 0 Å². The van der Waals surface area contributed by atoms with Crippen LogP contribution in [-0.2, 0) is 14.3 Å². The van der Waals surface area contributed by atoms with Gasteiger partial charge in [0.05, 0.1) is 0 Å². The lowest BCUT2D eigenvalue weighted by molar-refractivity contribution is -0.163. The lowest BCUT2D eigenvalue weighted by Crippen LogP contribution is -2.55. The van der Waals surface area contributed by atoms with E-state index in [1.807, 2.05) is 0 Å². The average molecular weight is 224 g/mol. The lowest BCUT2D eigenvalue weighted by atomic mass is 9.65. The third kappa shape index (κ3) is 1.07. The molecule has 2 rings (SSSR count). The number of hydrogen-bond acceptors (Lipinski definition) is 5. The summed E-state index contributed by atoms with van der Waals surface area (Å²) < 4.78 is 4.73. The summed E-state index contributed by atoms with van der Waals surface area (Å²) in [5.74, 6) is -2.03. The second-order valence-electron chi connectivity index (χ2n) is 4.14. The zero-order valence-corrected chi connectivity index (χ0v) is 8.71. The number of aliphatic hydroxyl groups is 2. The number of aliphatic hydroxyl groups excluding tert-OH is 2. The van der Waals surface area contributed by atoms with Crippen LogP contribution in [0.15, 0.2) is 24.5 Å². The van der Waals surface area contributed by atoms with Crippen LogP contribution in [0.2, 0.25) is 0 Å². The largest absolute Gasteiger partial charge is 0.428 e. The zero-order chi connectivity index (χ0) is 12.1. The Hall–Kier alpha value is -1.46. The van der Waals surface area contributed by atoms with Crippen LogP contribution in [0, 0.1) is 11.3 Å². The number of ketones is 1. The van der Waals surface area contributed by atoms with E-state index in [1.165, 1.54) is 12.2 Å². The fourth-order valence-electron chi connectivity index (χ4n) is 2.31. The Morgan fingerprint density at radius 2 is 2.00 bits per heavy atom. The predicted molar refractivity (Wildman–Crippen MR) is 53.0 cm³/mol. The molecule has 0 aromatic heterocycles. The van der Waals surface area contributed by atoms with Gasteiger partial charge < -0.3 is 14.9 Å². The molecule has 4 atom stereocenters.